The van der Waals surface area contributed by atoms with Crippen LogP contribution in [0.2, 0.25) is 0 Å². The molecule has 0 atom stereocenters. The molecule has 0 saturated heterocycles. The first-order chi connectivity index (χ1) is 8.38. The third-order valence-electron chi connectivity index (χ3n) is 2.65. The van der Waals surface area contributed by atoms with Crippen LogP contribution in [0.4, 0.5) is 13.2 Å². The van der Waals surface area contributed by atoms with Gasteiger partial charge in [0.05, 0.1) is 5.56 Å². The van der Waals surface area contributed by atoms with Gasteiger partial charge in [-0.05, 0) is 35.7 Å². The second-order valence-corrected chi connectivity index (χ2v) is 3.97. The number of aryl methyl sites for hydroxylation is 1. The van der Waals surface area contributed by atoms with Gasteiger partial charge in [-0.2, -0.15) is 13.2 Å². The van der Waals surface area contributed by atoms with Gasteiger partial charge in [0.25, 0.3) is 0 Å². The van der Waals surface area contributed by atoms with Gasteiger partial charge >= 0.3 is 6.18 Å². The largest absolute Gasteiger partial charge is 0.416 e. The molecule has 0 aliphatic heterocycles. The summed E-state index contributed by atoms with van der Waals surface area (Å²) < 4.78 is 37.2. The number of hydrogen-bond acceptors (Lipinski definition) is 1. The van der Waals surface area contributed by atoms with E-state index in [9.17, 15) is 18.0 Å². The molecule has 0 fully saturated rings. The number of alkyl halides is 3. The number of nitrogens with one attached hydrogen (secondary N) is 1. The Bertz CT molecular complexity index is 611. The minimum Gasteiger partial charge on any atom is -0.329 e. The second kappa shape index (κ2) is 4.33. The Morgan fingerprint density at radius 2 is 1.72 bits per heavy atom. The molecular formula is C13H10F3NO. The number of benzene rings is 1. The summed E-state index contributed by atoms with van der Waals surface area (Å²) in [6, 6.07) is 6.12. The van der Waals surface area contributed by atoms with Gasteiger partial charge in [-0.15, -0.1) is 0 Å². The van der Waals surface area contributed by atoms with E-state index in [0.717, 1.165) is 17.7 Å². The van der Waals surface area contributed by atoms with E-state index in [2.05, 4.69) is 4.98 Å². The van der Waals surface area contributed by atoms with Crippen molar-refractivity contribution < 1.29 is 13.2 Å². The number of aromatic amines is 1. The lowest BCUT2D eigenvalue weighted by Crippen LogP contribution is -2.06. The summed E-state index contributed by atoms with van der Waals surface area (Å²) >= 11 is 0. The lowest BCUT2D eigenvalue weighted by molar-refractivity contribution is -0.137. The van der Waals surface area contributed by atoms with E-state index in [4.69, 9.17) is 0 Å². The first-order valence-corrected chi connectivity index (χ1v) is 5.25. The minimum atomic E-state index is -4.35. The zero-order valence-electron chi connectivity index (χ0n) is 9.51. The van der Waals surface area contributed by atoms with E-state index in [1.807, 2.05) is 0 Å². The summed E-state index contributed by atoms with van der Waals surface area (Å²) in [4.78, 5) is 13.7. The van der Waals surface area contributed by atoms with Gasteiger partial charge in [0, 0.05) is 12.3 Å². The van der Waals surface area contributed by atoms with Gasteiger partial charge in [-0.3, -0.25) is 4.79 Å². The molecule has 0 unspecified atom stereocenters. The number of hydrogen-bond donors (Lipinski definition) is 1. The molecule has 2 nitrogen and oxygen atoms in total. The molecule has 18 heavy (non-hydrogen) atoms. The van der Waals surface area contributed by atoms with E-state index >= 15 is 0 Å². The summed E-state index contributed by atoms with van der Waals surface area (Å²) in [5, 5.41) is 0. The number of halogens is 3. The van der Waals surface area contributed by atoms with E-state index < -0.39 is 11.7 Å². The molecule has 1 aromatic carbocycles. The van der Waals surface area contributed by atoms with Crippen molar-refractivity contribution in [2.24, 2.45) is 0 Å². The van der Waals surface area contributed by atoms with E-state index in [1.54, 1.807) is 6.92 Å². The maximum atomic E-state index is 12.4. The Kier molecular flexibility index (Phi) is 2.98. The van der Waals surface area contributed by atoms with Gasteiger partial charge in [0.1, 0.15) is 0 Å². The zero-order valence-corrected chi connectivity index (χ0v) is 9.51. The van der Waals surface area contributed by atoms with Crippen molar-refractivity contribution in [3.8, 4) is 11.1 Å². The Labute approximate surface area is 101 Å². The van der Waals surface area contributed by atoms with Crippen LogP contribution in [0.25, 0.3) is 11.1 Å². The molecule has 5 heteroatoms. The highest BCUT2D eigenvalue weighted by Gasteiger charge is 2.29. The smallest absolute Gasteiger partial charge is 0.329 e. The molecule has 1 N–H and O–H groups in total. The van der Waals surface area contributed by atoms with Crippen LogP contribution in [0.1, 0.15) is 11.1 Å². The Balaban J connectivity index is 2.47. The zero-order chi connectivity index (χ0) is 13.3. The molecule has 94 valence electrons. The predicted molar refractivity (Wildman–Crippen MR) is 62.2 cm³/mol. The summed E-state index contributed by atoms with van der Waals surface area (Å²) in [7, 11) is 0. The van der Waals surface area contributed by atoms with Crippen LogP contribution < -0.4 is 5.56 Å². The highest BCUT2D eigenvalue weighted by atomic mass is 19.4. The highest BCUT2D eigenvalue weighted by Crippen LogP contribution is 2.31. The number of aromatic nitrogens is 1. The molecule has 1 aromatic heterocycles. The predicted octanol–water partition coefficient (Wildman–Crippen LogP) is 3.37. The monoisotopic (exact) mass is 253 g/mol. The summed E-state index contributed by atoms with van der Waals surface area (Å²) in [5.74, 6) is 0. The summed E-state index contributed by atoms with van der Waals surface area (Å²) in [5.41, 5.74) is 1.04. The van der Waals surface area contributed by atoms with Crippen LogP contribution >= 0.6 is 0 Å². The molecule has 0 bridgehead atoms. The molecule has 0 aliphatic rings. The SMILES string of the molecule is Cc1c[nH]c(=O)cc1-c1ccc(C(F)(F)F)cc1. The lowest BCUT2D eigenvalue weighted by atomic mass is 10.0. The Morgan fingerprint density at radius 1 is 1.11 bits per heavy atom. The molecule has 0 amide bonds. The van der Waals surface area contributed by atoms with Crippen molar-refractivity contribution in [2.45, 2.75) is 13.1 Å². The topological polar surface area (TPSA) is 32.9 Å². The third kappa shape index (κ3) is 2.45. The fourth-order valence-electron chi connectivity index (χ4n) is 1.69. The molecule has 2 rings (SSSR count). The quantitative estimate of drug-likeness (QED) is 0.830. The molecule has 1 heterocycles. The van der Waals surface area contributed by atoms with Crippen LogP contribution in [-0.2, 0) is 6.18 Å². The van der Waals surface area contributed by atoms with Crippen molar-refractivity contribution in [3.05, 3.63) is 58.0 Å². The van der Waals surface area contributed by atoms with E-state index in [-0.39, 0.29) is 5.56 Å². The fourth-order valence-corrected chi connectivity index (χ4v) is 1.69. The van der Waals surface area contributed by atoms with Crippen LogP contribution in [0.5, 0.6) is 0 Å². The van der Waals surface area contributed by atoms with Gasteiger partial charge < -0.3 is 4.98 Å². The average molecular weight is 253 g/mol. The Morgan fingerprint density at radius 3 is 2.28 bits per heavy atom. The fraction of sp³-hybridized carbons (Fsp3) is 0.154. The maximum absolute atomic E-state index is 12.4. The molecule has 0 aliphatic carbocycles. The van der Waals surface area contributed by atoms with Gasteiger partial charge in [-0.1, -0.05) is 12.1 Å². The standard InChI is InChI=1S/C13H10F3NO/c1-8-7-17-12(18)6-11(8)9-2-4-10(5-3-9)13(14,15)16/h2-7H,1H3,(H,17,18). The van der Waals surface area contributed by atoms with Crippen LogP contribution in [0.15, 0.2) is 41.3 Å². The van der Waals surface area contributed by atoms with E-state index in [1.165, 1.54) is 24.4 Å². The van der Waals surface area contributed by atoms with Gasteiger partial charge in [0.2, 0.25) is 5.56 Å². The van der Waals surface area contributed by atoms with Crippen LogP contribution in [-0.4, -0.2) is 4.98 Å². The third-order valence-corrected chi connectivity index (χ3v) is 2.65. The number of H-pyrrole nitrogens is 1. The van der Waals surface area contributed by atoms with Crippen molar-refractivity contribution >= 4 is 0 Å². The van der Waals surface area contributed by atoms with Crippen LogP contribution in [0, 0.1) is 6.92 Å². The minimum absolute atomic E-state index is 0.282. The molecule has 2 aromatic rings. The van der Waals surface area contributed by atoms with Crippen molar-refractivity contribution in [1.29, 1.82) is 0 Å². The van der Waals surface area contributed by atoms with E-state index in [0.29, 0.717) is 11.1 Å². The first kappa shape index (κ1) is 12.4. The number of rotatable bonds is 1. The van der Waals surface area contributed by atoms with Crippen molar-refractivity contribution in [3.63, 3.8) is 0 Å². The normalized spacial score (nSPS) is 11.6. The lowest BCUT2D eigenvalue weighted by Gasteiger charge is -2.09. The Hall–Kier alpha value is -2.04. The molecule has 0 saturated carbocycles. The maximum Gasteiger partial charge on any atom is 0.416 e. The molecule has 0 spiro atoms. The molecule has 0 radical (unpaired) electrons. The average Bonchev–Trinajstić information content (AvgIpc) is 2.31. The first-order valence-electron chi connectivity index (χ1n) is 5.25. The van der Waals surface area contributed by atoms with Crippen molar-refractivity contribution in [1.82, 2.24) is 4.98 Å². The second-order valence-electron chi connectivity index (χ2n) is 3.97. The van der Waals surface area contributed by atoms with Crippen LogP contribution in [0.3, 0.4) is 0 Å². The summed E-state index contributed by atoms with van der Waals surface area (Å²) in [6.45, 7) is 1.78. The van der Waals surface area contributed by atoms with Gasteiger partial charge in [0.15, 0.2) is 0 Å². The van der Waals surface area contributed by atoms with Crippen molar-refractivity contribution in [2.75, 3.05) is 0 Å². The molecular weight excluding hydrogens is 243 g/mol. The summed E-state index contributed by atoms with van der Waals surface area (Å²) in [6.07, 6.45) is -2.81. The number of pyridine rings is 1. The highest BCUT2D eigenvalue weighted by molar-refractivity contribution is 5.66. The van der Waals surface area contributed by atoms with Gasteiger partial charge in [-0.25, -0.2) is 0 Å².